The lowest BCUT2D eigenvalue weighted by Crippen LogP contribution is -2.32. The number of amides is 1. The summed E-state index contributed by atoms with van der Waals surface area (Å²) in [4.78, 5) is 25.3. The highest BCUT2D eigenvalue weighted by molar-refractivity contribution is 6.34. The molecule has 0 aliphatic heterocycles. The van der Waals surface area contributed by atoms with Crippen LogP contribution in [-0.4, -0.2) is 44.2 Å². The smallest absolute Gasteiger partial charge is 0.258 e. The molecule has 1 atom stereocenters. The molecule has 9 nitrogen and oxygen atoms in total. The van der Waals surface area contributed by atoms with Crippen molar-refractivity contribution in [3.8, 4) is 23.0 Å². The lowest BCUT2D eigenvalue weighted by atomic mass is 10.2. The number of carbonyl (C=O) groups is 2. The fourth-order valence-electron chi connectivity index (χ4n) is 2.98. The van der Waals surface area contributed by atoms with Gasteiger partial charge >= 0.3 is 0 Å². The van der Waals surface area contributed by atoms with Crippen LogP contribution < -0.4 is 24.3 Å². The largest absolute Gasteiger partial charge is 0.494 e. The van der Waals surface area contributed by atoms with E-state index in [-0.39, 0.29) is 27.9 Å². The van der Waals surface area contributed by atoms with Crippen LogP contribution in [0.25, 0.3) is 0 Å². The summed E-state index contributed by atoms with van der Waals surface area (Å²) in [5.41, 5.74) is 0.474. The lowest BCUT2D eigenvalue weighted by molar-refractivity contribution is -0.126. The van der Waals surface area contributed by atoms with E-state index < -0.39 is 17.7 Å². The van der Waals surface area contributed by atoms with Crippen molar-refractivity contribution in [1.29, 1.82) is 0 Å². The van der Waals surface area contributed by atoms with Crippen molar-refractivity contribution in [3.63, 3.8) is 0 Å². The van der Waals surface area contributed by atoms with E-state index in [0.717, 1.165) is 0 Å². The zero-order chi connectivity index (χ0) is 26.0. The van der Waals surface area contributed by atoms with Gasteiger partial charge < -0.3 is 24.3 Å². The van der Waals surface area contributed by atoms with Crippen LogP contribution in [0.5, 0.6) is 23.0 Å². The molecule has 0 aliphatic rings. The molecule has 2 aromatic rings. The molecular formula is C24H29Cl2N3O6. The minimum absolute atomic E-state index is 0.180. The van der Waals surface area contributed by atoms with Gasteiger partial charge in [0.25, 0.3) is 5.91 Å². The molecule has 0 spiro atoms. The van der Waals surface area contributed by atoms with E-state index in [9.17, 15) is 9.59 Å². The first kappa shape index (κ1) is 28.2. The van der Waals surface area contributed by atoms with E-state index in [4.69, 9.17) is 42.1 Å². The Morgan fingerprint density at radius 3 is 2.14 bits per heavy atom. The Labute approximate surface area is 214 Å². The Kier molecular flexibility index (Phi) is 11.1. The van der Waals surface area contributed by atoms with Crippen LogP contribution in [0, 0.1) is 0 Å². The van der Waals surface area contributed by atoms with Crippen molar-refractivity contribution in [1.82, 2.24) is 0 Å². The van der Waals surface area contributed by atoms with Gasteiger partial charge in [0, 0.05) is 12.1 Å². The van der Waals surface area contributed by atoms with Gasteiger partial charge in [-0.05, 0) is 46.8 Å². The first-order valence-corrected chi connectivity index (χ1v) is 11.9. The highest BCUT2D eigenvalue weighted by Gasteiger charge is 2.26. The van der Waals surface area contributed by atoms with Gasteiger partial charge in [-0.3, -0.25) is 9.59 Å². The molecule has 0 bridgehead atoms. The molecule has 0 heterocycles. The number of nitrogens with one attached hydrogen (secondary N) is 1. The first-order valence-electron chi connectivity index (χ1n) is 11.2. The molecule has 1 N–H and O–H groups in total. The zero-order valence-corrected chi connectivity index (χ0v) is 21.8. The number of carbonyl (C=O) groups excluding carboxylic acids is 2. The Morgan fingerprint density at radius 2 is 1.54 bits per heavy atom. The van der Waals surface area contributed by atoms with Crippen LogP contribution in [0.4, 0.5) is 11.4 Å². The number of hydrogen-bond acceptors (Lipinski definition) is 8. The predicted molar refractivity (Wildman–Crippen MR) is 135 cm³/mol. The van der Waals surface area contributed by atoms with Crippen molar-refractivity contribution in [2.45, 2.75) is 40.7 Å². The van der Waals surface area contributed by atoms with E-state index in [1.807, 2.05) is 13.8 Å². The van der Waals surface area contributed by atoms with Crippen LogP contribution in [0.2, 0.25) is 10.0 Å². The van der Waals surface area contributed by atoms with E-state index in [1.54, 1.807) is 38.1 Å². The maximum atomic E-state index is 13.0. The molecule has 190 valence electrons. The molecule has 0 aliphatic carbocycles. The summed E-state index contributed by atoms with van der Waals surface area (Å²) in [6.07, 6.45) is 0. The molecule has 0 aromatic heterocycles. The van der Waals surface area contributed by atoms with E-state index in [0.29, 0.717) is 42.9 Å². The fraction of sp³-hybridized carbons (Fsp3) is 0.417. The van der Waals surface area contributed by atoms with Crippen molar-refractivity contribution in [2.75, 3.05) is 31.7 Å². The van der Waals surface area contributed by atoms with Gasteiger partial charge in [0.2, 0.25) is 6.04 Å². The zero-order valence-electron chi connectivity index (χ0n) is 20.3. The topological polar surface area (TPSA) is 108 Å². The van der Waals surface area contributed by atoms with Gasteiger partial charge in [0.05, 0.1) is 37.1 Å². The first-order chi connectivity index (χ1) is 16.8. The number of nitrogens with zero attached hydrogens (tertiary/aromatic N) is 2. The van der Waals surface area contributed by atoms with Crippen molar-refractivity contribution >= 4 is 46.3 Å². The molecule has 0 saturated heterocycles. The second-order valence-corrected chi connectivity index (χ2v) is 7.74. The second-order valence-electron chi connectivity index (χ2n) is 6.96. The molecular weight excluding hydrogens is 497 g/mol. The molecule has 11 heteroatoms. The van der Waals surface area contributed by atoms with Crippen molar-refractivity contribution in [3.05, 3.63) is 34.3 Å². The minimum Gasteiger partial charge on any atom is -0.494 e. The van der Waals surface area contributed by atoms with Gasteiger partial charge in [0.15, 0.2) is 17.3 Å². The Balaban J connectivity index is 2.39. The van der Waals surface area contributed by atoms with E-state index in [2.05, 4.69) is 15.5 Å². The standard InChI is InChI=1S/C24H29Cl2N3O6/c1-6-32-15-12-18(20(26)19(13-15)33-7-2)28-29-21(14(5)30)24(31)27-17-11-10-16(25)22(34-8-3)23(17)35-9-4/h10-13,21H,6-9H2,1-5H3,(H,27,31). The average molecular weight is 526 g/mol. The highest BCUT2D eigenvalue weighted by atomic mass is 35.5. The third kappa shape index (κ3) is 7.47. The summed E-state index contributed by atoms with van der Waals surface area (Å²) in [5.74, 6) is 0.119. The second kappa shape index (κ2) is 13.7. The third-order valence-corrected chi connectivity index (χ3v) is 5.10. The summed E-state index contributed by atoms with van der Waals surface area (Å²) in [5, 5.41) is 11.2. The van der Waals surface area contributed by atoms with Gasteiger partial charge in [-0.15, -0.1) is 0 Å². The number of hydrogen-bond donors (Lipinski definition) is 1. The molecule has 2 rings (SSSR count). The molecule has 0 radical (unpaired) electrons. The summed E-state index contributed by atoms with van der Waals surface area (Å²) < 4.78 is 22.3. The van der Waals surface area contributed by atoms with E-state index in [1.165, 1.54) is 6.92 Å². The van der Waals surface area contributed by atoms with Gasteiger partial charge in [-0.1, -0.05) is 23.2 Å². The van der Waals surface area contributed by atoms with Crippen LogP contribution in [0.3, 0.4) is 0 Å². The number of ether oxygens (including phenoxy) is 4. The highest BCUT2D eigenvalue weighted by Crippen LogP contribution is 2.42. The van der Waals surface area contributed by atoms with E-state index >= 15 is 0 Å². The SMILES string of the molecule is CCOc1cc(N=NC(C(C)=O)C(=O)Nc2ccc(Cl)c(OCC)c2OCC)c(Cl)c(OCC)c1. The van der Waals surface area contributed by atoms with Gasteiger partial charge in [-0.25, -0.2) is 0 Å². The monoisotopic (exact) mass is 525 g/mol. The predicted octanol–water partition coefficient (Wildman–Crippen LogP) is 6.27. The Morgan fingerprint density at radius 1 is 0.914 bits per heavy atom. The van der Waals surface area contributed by atoms with Crippen molar-refractivity contribution in [2.24, 2.45) is 10.2 Å². The summed E-state index contributed by atoms with van der Waals surface area (Å²) in [7, 11) is 0. The molecule has 2 aromatic carbocycles. The molecule has 1 unspecified atom stereocenters. The Hall–Kier alpha value is -3.04. The average Bonchev–Trinajstić information content (AvgIpc) is 2.81. The number of anilines is 1. The number of ketones is 1. The fourth-order valence-corrected chi connectivity index (χ4v) is 3.39. The summed E-state index contributed by atoms with van der Waals surface area (Å²) in [6, 6.07) is 4.85. The number of azo groups is 1. The maximum Gasteiger partial charge on any atom is 0.258 e. The molecule has 0 saturated carbocycles. The number of rotatable bonds is 13. The van der Waals surface area contributed by atoms with Crippen LogP contribution in [-0.2, 0) is 9.59 Å². The Bertz CT molecular complexity index is 1080. The maximum absolute atomic E-state index is 13.0. The molecule has 1 amide bonds. The number of benzene rings is 2. The van der Waals surface area contributed by atoms with Crippen LogP contribution in [0.15, 0.2) is 34.5 Å². The minimum atomic E-state index is -1.45. The molecule has 0 fully saturated rings. The quantitative estimate of drug-likeness (QED) is 0.244. The number of Topliss-reactive ketones (excluding diaryl/α,β-unsaturated/α-hetero) is 1. The van der Waals surface area contributed by atoms with Gasteiger partial charge in [-0.2, -0.15) is 10.2 Å². The number of halogens is 2. The van der Waals surface area contributed by atoms with Crippen LogP contribution >= 0.6 is 23.2 Å². The molecule has 35 heavy (non-hydrogen) atoms. The van der Waals surface area contributed by atoms with Gasteiger partial charge in [0.1, 0.15) is 22.2 Å². The summed E-state index contributed by atoms with van der Waals surface area (Å²) in [6.45, 7) is 9.89. The van der Waals surface area contributed by atoms with Crippen molar-refractivity contribution < 1.29 is 28.5 Å². The van der Waals surface area contributed by atoms with Crippen LogP contribution in [0.1, 0.15) is 34.6 Å². The lowest BCUT2D eigenvalue weighted by Gasteiger charge is -2.18. The normalized spacial score (nSPS) is 11.7. The summed E-state index contributed by atoms with van der Waals surface area (Å²) >= 11 is 12.6. The third-order valence-electron chi connectivity index (χ3n) is 4.42.